The van der Waals surface area contributed by atoms with Crippen molar-refractivity contribution in [1.29, 1.82) is 0 Å². The molecule has 118 valence electrons. The van der Waals surface area contributed by atoms with Gasteiger partial charge in [-0.05, 0) is 12.1 Å². The van der Waals surface area contributed by atoms with Gasteiger partial charge < -0.3 is 5.32 Å². The van der Waals surface area contributed by atoms with Gasteiger partial charge in [-0.15, -0.1) is 10.2 Å². The first kappa shape index (κ1) is 15.9. The minimum Gasteiger partial charge on any atom is -0.301 e. The predicted octanol–water partition coefficient (Wildman–Crippen LogP) is 3.77. The molecule has 1 amide bonds. The quantitative estimate of drug-likeness (QED) is 0.564. The van der Waals surface area contributed by atoms with Gasteiger partial charge in [-0.25, -0.2) is 0 Å². The number of pyridine rings is 1. The highest BCUT2D eigenvalue weighted by molar-refractivity contribution is 8.01. The third kappa shape index (κ3) is 4.27. The number of nitrogens with one attached hydrogen (secondary N) is 1. The molecule has 2 heterocycles. The molecule has 0 saturated heterocycles. The minimum atomic E-state index is -0.133. The van der Waals surface area contributed by atoms with Gasteiger partial charge in [-0.2, -0.15) is 0 Å². The first-order valence-electron chi connectivity index (χ1n) is 7.22. The molecule has 0 bridgehead atoms. The lowest BCUT2D eigenvalue weighted by Gasteiger charge is -2.09. The number of hydrogen-bond donors (Lipinski definition) is 1. The number of aromatic nitrogens is 3. The van der Waals surface area contributed by atoms with Gasteiger partial charge in [0.2, 0.25) is 11.0 Å². The fraction of sp³-hybridized carbons (Fsp3) is 0.250. The summed E-state index contributed by atoms with van der Waals surface area (Å²) >= 11 is 3.04. The van der Waals surface area contributed by atoms with E-state index in [-0.39, 0.29) is 5.91 Å². The van der Waals surface area contributed by atoms with Gasteiger partial charge in [-0.1, -0.05) is 54.3 Å². The number of rotatable bonds is 5. The summed E-state index contributed by atoms with van der Waals surface area (Å²) in [7, 11) is 0. The summed E-state index contributed by atoms with van der Waals surface area (Å²) in [5, 5.41) is 12.7. The third-order valence-corrected chi connectivity index (χ3v) is 5.17. The molecule has 7 heteroatoms. The van der Waals surface area contributed by atoms with E-state index in [0.29, 0.717) is 10.4 Å². The number of hydrogen-bond acceptors (Lipinski definition) is 6. The lowest BCUT2D eigenvalue weighted by molar-refractivity contribution is -0.114. The van der Waals surface area contributed by atoms with Crippen LogP contribution in [0.5, 0.6) is 0 Å². The molecule has 23 heavy (non-hydrogen) atoms. The molecule has 5 nitrogen and oxygen atoms in total. The van der Waals surface area contributed by atoms with Crippen molar-refractivity contribution in [3.63, 3.8) is 0 Å². The van der Waals surface area contributed by atoms with Crippen molar-refractivity contribution < 1.29 is 4.79 Å². The monoisotopic (exact) mass is 344 g/mol. The molecule has 0 fully saturated rings. The number of fused-ring (bicyclic) bond motifs is 1. The molecular weight excluding hydrogens is 328 g/mol. The summed E-state index contributed by atoms with van der Waals surface area (Å²) < 4.78 is 0.849. The SMILES string of the molecule is CC(=O)Nc1nnc(S[C@H](C)Cc2ccc3ccccc3n2)s1. The Morgan fingerprint density at radius 1 is 1.26 bits per heavy atom. The average Bonchev–Trinajstić information content (AvgIpc) is 2.93. The van der Waals surface area contributed by atoms with Crippen molar-refractivity contribution >= 4 is 45.0 Å². The highest BCUT2D eigenvalue weighted by Gasteiger charge is 2.12. The molecule has 1 aromatic carbocycles. The molecule has 2 aromatic heterocycles. The van der Waals surface area contributed by atoms with E-state index in [2.05, 4.69) is 40.6 Å². The van der Waals surface area contributed by atoms with Crippen LogP contribution in [0.2, 0.25) is 0 Å². The molecule has 3 rings (SSSR count). The van der Waals surface area contributed by atoms with Gasteiger partial charge in [0, 0.05) is 29.7 Å². The zero-order valence-electron chi connectivity index (χ0n) is 12.8. The molecule has 0 unspecified atom stereocenters. The molecule has 3 aromatic rings. The lowest BCUT2D eigenvalue weighted by Crippen LogP contribution is -2.04. The van der Waals surface area contributed by atoms with Gasteiger partial charge in [0.05, 0.1) is 5.52 Å². The highest BCUT2D eigenvalue weighted by Crippen LogP contribution is 2.30. The zero-order valence-corrected chi connectivity index (χ0v) is 14.4. The van der Waals surface area contributed by atoms with Crippen LogP contribution in [0.25, 0.3) is 10.9 Å². The van der Waals surface area contributed by atoms with E-state index in [1.165, 1.54) is 18.3 Å². The van der Waals surface area contributed by atoms with Crippen LogP contribution in [0.15, 0.2) is 40.7 Å². The summed E-state index contributed by atoms with van der Waals surface area (Å²) in [4.78, 5) is 15.7. The van der Waals surface area contributed by atoms with E-state index in [0.717, 1.165) is 27.4 Å². The van der Waals surface area contributed by atoms with Crippen LogP contribution in [0, 0.1) is 0 Å². The molecule has 0 aliphatic carbocycles. The number of carbonyl (C=O) groups excluding carboxylic acids is 1. The Bertz CT molecular complexity index is 834. The number of thioether (sulfide) groups is 1. The van der Waals surface area contributed by atoms with Gasteiger partial charge in [0.15, 0.2) is 4.34 Å². The number of anilines is 1. The van der Waals surface area contributed by atoms with Crippen LogP contribution in [0.1, 0.15) is 19.5 Å². The number of para-hydroxylation sites is 1. The molecule has 1 N–H and O–H groups in total. The van der Waals surface area contributed by atoms with Gasteiger partial charge in [-0.3, -0.25) is 9.78 Å². The fourth-order valence-electron chi connectivity index (χ4n) is 2.19. The molecule has 0 aliphatic heterocycles. The van der Waals surface area contributed by atoms with E-state index < -0.39 is 0 Å². The van der Waals surface area contributed by atoms with Gasteiger partial charge in [0.1, 0.15) is 0 Å². The van der Waals surface area contributed by atoms with Crippen LogP contribution in [-0.2, 0) is 11.2 Å². The summed E-state index contributed by atoms with van der Waals surface area (Å²) in [5.41, 5.74) is 2.08. The summed E-state index contributed by atoms with van der Waals surface area (Å²) in [6.45, 7) is 3.60. The predicted molar refractivity (Wildman–Crippen MR) is 95.0 cm³/mol. The van der Waals surface area contributed by atoms with Crippen molar-refractivity contribution in [2.75, 3.05) is 5.32 Å². The Hall–Kier alpha value is -1.99. The molecule has 0 saturated carbocycles. The van der Waals surface area contributed by atoms with E-state index in [1.54, 1.807) is 11.8 Å². The van der Waals surface area contributed by atoms with E-state index in [1.807, 2.05) is 18.2 Å². The maximum absolute atomic E-state index is 11.0. The number of benzene rings is 1. The second-order valence-corrected chi connectivity index (χ2v) is 7.85. The third-order valence-electron chi connectivity index (χ3n) is 3.14. The zero-order chi connectivity index (χ0) is 16.2. The first-order valence-corrected chi connectivity index (χ1v) is 8.92. The average molecular weight is 344 g/mol. The maximum Gasteiger partial charge on any atom is 0.223 e. The topological polar surface area (TPSA) is 67.8 Å². The Morgan fingerprint density at radius 2 is 2.09 bits per heavy atom. The summed E-state index contributed by atoms with van der Waals surface area (Å²) in [5.74, 6) is -0.133. The molecule has 0 aliphatic rings. The van der Waals surface area contributed by atoms with Crippen molar-refractivity contribution in [2.45, 2.75) is 29.9 Å². The van der Waals surface area contributed by atoms with E-state index in [9.17, 15) is 4.79 Å². The van der Waals surface area contributed by atoms with Crippen molar-refractivity contribution in [2.24, 2.45) is 0 Å². The molecule has 0 radical (unpaired) electrons. The molecule has 0 spiro atoms. The van der Waals surface area contributed by atoms with Crippen LogP contribution >= 0.6 is 23.1 Å². The Kier molecular flexibility index (Phi) is 4.88. The standard InChI is InChI=1S/C16H16N4OS2/c1-10(22-16-20-19-15(23-16)17-11(2)21)9-13-8-7-12-5-3-4-6-14(12)18-13/h3-8,10H,9H2,1-2H3,(H,17,19,21)/t10-/m1/s1. The van der Waals surface area contributed by atoms with Gasteiger partial charge in [0.25, 0.3) is 0 Å². The van der Waals surface area contributed by atoms with E-state index in [4.69, 9.17) is 4.98 Å². The Morgan fingerprint density at radius 3 is 2.91 bits per heavy atom. The minimum absolute atomic E-state index is 0.133. The van der Waals surface area contributed by atoms with Crippen molar-refractivity contribution in [3.05, 3.63) is 42.1 Å². The second-order valence-electron chi connectivity index (χ2n) is 5.18. The molecular formula is C16H16N4OS2. The smallest absolute Gasteiger partial charge is 0.223 e. The Balaban J connectivity index is 1.64. The van der Waals surface area contributed by atoms with Crippen LogP contribution in [0.4, 0.5) is 5.13 Å². The lowest BCUT2D eigenvalue weighted by atomic mass is 10.1. The van der Waals surface area contributed by atoms with Crippen LogP contribution in [0.3, 0.4) is 0 Å². The first-order chi connectivity index (χ1) is 11.1. The van der Waals surface area contributed by atoms with Crippen molar-refractivity contribution in [3.8, 4) is 0 Å². The number of amides is 1. The normalized spacial score (nSPS) is 12.3. The summed E-state index contributed by atoms with van der Waals surface area (Å²) in [6, 6.07) is 12.3. The number of carbonyl (C=O) groups is 1. The summed E-state index contributed by atoms with van der Waals surface area (Å²) in [6.07, 6.45) is 0.852. The molecule has 1 atom stereocenters. The largest absolute Gasteiger partial charge is 0.301 e. The van der Waals surface area contributed by atoms with Crippen LogP contribution < -0.4 is 5.32 Å². The maximum atomic E-state index is 11.0. The van der Waals surface area contributed by atoms with Crippen LogP contribution in [-0.4, -0.2) is 26.3 Å². The fourth-order valence-corrected chi connectivity index (χ4v) is 4.32. The number of nitrogens with zero attached hydrogens (tertiary/aromatic N) is 3. The highest BCUT2D eigenvalue weighted by atomic mass is 32.2. The van der Waals surface area contributed by atoms with E-state index >= 15 is 0 Å². The van der Waals surface area contributed by atoms with Crippen molar-refractivity contribution in [1.82, 2.24) is 15.2 Å². The van der Waals surface area contributed by atoms with Gasteiger partial charge >= 0.3 is 0 Å². The second kappa shape index (κ2) is 7.06. The Labute approximate surface area is 142 Å².